The average Bonchev–Trinajstić information content (AvgIpc) is 2.47. The minimum atomic E-state index is 0.398. The summed E-state index contributed by atoms with van der Waals surface area (Å²) in [6.45, 7) is 0. The van der Waals surface area contributed by atoms with Gasteiger partial charge < -0.3 is 11.5 Å². The normalized spacial score (nSPS) is 12.4. The van der Waals surface area contributed by atoms with Crippen molar-refractivity contribution in [2.24, 2.45) is 15.9 Å². The molecule has 2 rings (SSSR count). The number of rotatable bonds is 4. The molecule has 3 nitrogen and oxygen atoms in total. The van der Waals surface area contributed by atoms with Gasteiger partial charge in [0.25, 0.3) is 0 Å². The minimum Gasteiger partial charge on any atom is -0.398 e. The summed E-state index contributed by atoms with van der Waals surface area (Å²) in [5.41, 5.74) is 13.3. The molecule has 2 aromatic rings. The third kappa shape index (κ3) is 4.19. The highest BCUT2D eigenvalue weighted by molar-refractivity contribution is 7.98. The number of amidine groups is 1. The Morgan fingerprint density at radius 1 is 0.895 bits per heavy atom. The first kappa shape index (κ1) is 13.2. The maximum atomic E-state index is 5.96. The summed E-state index contributed by atoms with van der Waals surface area (Å²) < 4.78 is 4.21. The van der Waals surface area contributed by atoms with E-state index >= 15 is 0 Å². The van der Waals surface area contributed by atoms with Crippen molar-refractivity contribution in [3.05, 3.63) is 72.3 Å². The van der Waals surface area contributed by atoms with Gasteiger partial charge in [0.15, 0.2) is 0 Å². The number of benzene rings is 2. The monoisotopic (exact) mass is 269 g/mol. The van der Waals surface area contributed by atoms with Crippen LogP contribution in [0.15, 0.2) is 76.0 Å². The topological polar surface area (TPSA) is 64.4 Å². The van der Waals surface area contributed by atoms with Crippen LogP contribution in [0.5, 0.6) is 0 Å². The van der Waals surface area contributed by atoms with Crippen LogP contribution >= 0.6 is 11.9 Å². The van der Waals surface area contributed by atoms with Crippen molar-refractivity contribution in [2.75, 3.05) is 0 Å². The molecule has 96 valence electrons. The van der Waals surface area contributed by atoms with Crippen molar-refractivity contribution in [3.63, 3.8) is 0 Å². The van der Waals surface area contributed by atoms with Crippen LogP contribution in [0.3, 0.4) is 0 Å². The van der Waals surface area contributed by atoms with Gasteiger partial charge in [-0.25, -0.2) is 0 Å². The molecule has 0 saturated heterocycles. The first-order valence-electron chi connectivity index (χ1n) is 5.84. The Labute approximate surface area is 117 Å². The molecule has 0 aliphatic heterocycles. The summed E-state index contributed by atoms with van der Waals surface area (Å²) >= 11 is 1.33. The maximum Gasteiger partial charge on any atom is 0.133 e. The van der Waals surface area contributed by atoms with Crippen LogP contribution < -0.4 is 11.5 Å². The lowest BCUT2D eigenvalue weighted by Crippen LogP contribution is -2.10. The summed E-state index contributed by atoms with van der Waals surface area (Å²) in [5.74, 6) is 0.398. The van der Waals surface area contributed by atoms with Gasteiger partial charge in [-0.3, -0.25) is 0 Å². The Kier molecular flexibility index (Phi) is 4.64. The molecule has 0 aromatic heterocycles. The highest BCUT2D eigenvalue weighted by atomic mass is 32.2. The summed E-state index contributed by atoms with van der Waals surface area (Å²) in [4.78, 5) is 1.04. The number of hydrogen-bond donors (Lipinski definition) is 2. The van der Waals surface area contributed by atoms with Gasteiger partial charge in [-0.05, 0) is 17.7 Å². The lowest BCUT2D eigenvalue weighted by Gasteiger charge is -2.01. The molecular weight excluding hydrogens is 254 g/mol. The van der Waals surface area contributed by atoms with Gasteiger partial charge in [-0.1, -0.05) is 48.5 Å². The predicted octanol–water partition coefficient (Wildman–Crippen LogP) is 3.05. The molecule has 0 atom stereocenters. The van der Waals surface area contributed by atoms with Crippen molar-refractivity contribution >= 4 is 23.5 Å². The second-order valence-corrected chi connectivity index (χ2v) is 4.72. The van der Waals surface area contributed by atoms with Crippen LogP contribution in [0.25, 0.3) is 5.70 Å². The molecule has 0 bridgehead atoms. The lowest BCUT2D eigenvalue weighted by atomic mass is 10.1. The van der Waals surface area contributed by atoms with E-state index in [0.29, 0.717) is 11.5 Å². The molecule has 0 spiro atoms. The van der Waals surface area contributed by atoms with Gasteiger partial charge in [0.1, 0.15) is 5.84 Å². The van der Waals surface area contributed by atoms with Gasteiger partial charge in [0.05, 0.1) is 0 Å². The highest BCUT2D eigenvalue weighted by Gasteiger charge is 1.97. The molecule has 4 N–H and O–H groups in total. The molecule has 0 amide bonds. The fraction of sp³-hybridized carbons (Fsp3) is 0. The summed E-state index contributed by atoms with van der Waals surface area (Å²) in [5, 5.41) is 0. The Balaban J connectivity index is 2.06. The minimum absolute atomic E-state index is 0.398. The molecule has 0 radical (unpaired) electrons. The molecule has 0 heterocycles. The van der Waals surface area contributed by atoms with Gasteiger partial charge in [0, 0.05) is 28.6 Å². The summed E-state index contributed by atoms with van der Waals surface area (Å²) in [7, 11) is 0. The van der Waals surface area contributed by atoms with Crippen LogP contribution in [0.2, 0.25) is 0 Å². The van der Waals surface area contributed by atoms with E-state index in [1.165, 1.54) is 11.9 Å². The molecule has 4 heteroatoms. The van der Waals surface area contributed by atoms with Gasteiger partial charge in [0.2, 0.25) is 0 Å². The van der Waals surface area contributed by atoms with Gasteiger partial charge >= 0.3 is 0 Å². The van der Waals surface area contributed by atoms with Crippen molar-refractivity contribution in [3.8, 4) is 0 Å². The molecule has 2 aromatic carbocycles. The first-order valence-corrected chi connectivity index (χ1v) is 6.61. The van der Waals surface area contributed by atoms with Gasteiger partial charge in [-0.2, -0.15) is 4.40 Å². The largest absolute Gasteiger partial charge is 0.398 e. The van der Waals surface area contributed by atoms with E-state index in [9.17, 15) is 0 Å². The predicted molar refractivity (Wildman–Crippen MR) is 82.5 cm³/mol. The van der Waals surface area contributed by atoms with Crippen molar-refractivity contribution in [1.29, 1.82) is 0 Å². The molecule has 0 saturated carbocycles. The van der Waals surface area contributed by atoms with Crippen LogP contribution in [0.1, 0.15) is 5.56 Å². The Morgan fingerprint density at radius 3 is 2.11 bits per heavy atom. The van der Waals surface area contributed by atoms with E-state index in [1.54, 1.807) is 6.08 Å². The quantitative estimate of drug-likeness (QED) is 0.509. The zero-order valence-electron chi connectivity index (χ0n) is 10.4. The van der Waals surface area contributed by atoms with Crippen molar-refractivity contribution < 1.29 is 0 Å². The third-order valence-corrected chi connectivity index (χ3v) is 3.20. The SMILES string of the molecule is N/C(=C\C(N)=N\Sc1ccccc1)c1ccccc1. The number of nitrogens with zero attached hydrogens (tertiary/aromatic N) is 1. The van der Waals surface area contributed by atoms with E-state index in [4.69, 9.17) is 11.5 Å². The zero-order valence-corrected chi connectivity index (χ0v) is 11.2. The summed E-state index contributed by atoms with van der Waals surface area (Å²) in [6.07, 6.45) is 1.67. The summed E-state index contributed by atoms with van der Waals surface area (Å²) in [6, 6.07) is 19.5. The average molecular weight is 269 g/mol. The first-order chi connectivity index (χ1) is 9.25. The van der Waals surface area contributed by atoms with Crippen LogP contribution in [0.4, 0.5) is 0 Å². The van der Waals surface area contributed by atoms with Crippen LogP contribution in [-0.2, 0) is 0 Å². The Bertz CT molecular complexity index is 577. The lowest BCUT2D eigenvalue weighted by molar-refractivity contribution is 1.46. The van der Waals surface area contributed by atoms with E-state index < -0.39 is 0 Å². The zero-order chi connectivity index (χ0) is 13.5. The van der Waals surface area contributed by atoms with Gasteiger partial charge in [-0.15, -0.1) is 0 Å². The third-order valence-electron chi connectivity index (χ3n) is 2.41. The molecule has 0 aliphatic rings. The van der Waals surface area contributed by atoms with E-state index in [-0.39, 0.29) is 0 Å². The highest BCUT2D eigenvalue weighted by Crippen LogP contribution is 2.18. The molecular formula is C15H15N3S. The Hall–Kier alpha value is -2.20. The molecule has 0 fully saturated rings. The van der Waals surface area contributed by atoms with E-state index in [2.05, 4.69) is 4.40 Å². The molecule has 0 unspecified atom stereocenters. The van der Waals surface area contributed by atoms with Crippen LogP contribution in [0, 0.1) is 0 Å². The van der Waals surface area contributed by atoms with Crippen molar-refractivity contribution in [1.82, 2.24) is 0 Å². The second-order valence-electron chi connectivity index (χ2n) is 3.89. The van der Waals surface area contributed by atoms with E-state index in [1.807, 2.05) is 60.7 Å². The number of hydrogen-bond acceptors (Lipinski definition) is 3. The maximum absolute atomic E-state index is 5.96. The van der Waals surface area contributed by atoms with Crippen molar-refractivity contribution in [2.45, 2.75) is 4.90 Å². The standard InChI is InChI=1S/C15H15N3S/c16-14(12-7-3-1-4-8-12)11-15(17)18-19-13-9-5-2-6-10-13/h1-11H,16H2,(H2,17,18)/b14-11-. The van der Waals surface area contributed by atoms with E-state index in [0.717, 1.165) is 10.5 Å². The Morgan fingerprint density at radius 2 is 1.47 bits per heavy atom. The van der Waals surface area contributed by atoms with Crippen LogP contribution in [-0.4, -0.2) is 5.84 Å². The fourth-order valence-electron chi connectivity index (χ4n) is 1.49. The molecule has 0 aliphatic carbocycles. The number of nitrogens with two attached hydrogens (primary N) is 2. The smallest absolute Gasteiger partial charge is 0.133 e. The molecule has 19 heavy (non-hydrogen) atoms. The second kappa shape index (κ2) is 6.66. The fourth-order valence-corrected chi connectivity index (χ4v) is 2.03.